The van der Waals surface area contributed by atoms with Gasteiger partial charge in [-0.15, -0.1) is 5.10 Å². The number of aromatic nitrogens is 3. The second kappa shape index (κ2) is 5.31. The van der Waals surface area contributed by atoms with E-state index in [0.717, 1.165) is 12.2 Å². The monoisotopic (exact) mass is 244 g/mol. The predicted octanol–water partition coefficient (Wildman–Crippen LogP) is 2.28. The predicted molar refractivity (Wildman–Crippen MR) is 72.2 cm³/mol. The van der Waals surface area contributed by atoms with Crippen molar-refractivity contribution >= 4 is 0 Å². The molecule has 0 aliphatic heterocycles. The van der Waals surface area contributed by atoms with Crippen molar-refractivity contribution in [1.29, 1.82) is 0 Å². The second-order valence-corrected chi connectivity index (χ2v) is 4.85. The number of nitrogens with one attached hydrogen (secondary N) is 1. The lowest BCUT2D eigenvalue weighted by molar-refractivity contribution is 0.564. The van der Waals surface area contributed by atoms with Gasteiger partial charge in [0.25, 0.3) is 0 Å². The molecule has 1 aromatic heterocycles. The number of aryl methyl sites for hydroxylation is 3. The molecule has 1 unspecified atom stereocenters. The lowest BCUT2D eigenvalue weighted by atomic mass is 10.00. The first-order valence-corrected chi connectivity index (χ1v) is 6.22. The van der Waals surface area contributed by atoms with Crippen LogP contribution >= 0.6 is 0 Å². The average Bonchev–Trinajstić information content (AvgIpc) is 2.75. The summed E-state index contributed by atoms with van der Waals surface area (Å²) >= 11 is 0. The van der Waals surface area contributed by atoms with Gasteiger partial charge in [0.05, 0.1) is 5.69 Å². The molecule has 2 aromatic rings. The third kappa shape index (κ3) is 2.96. The van der Waals surface area contributed by atoms with Gasteiger partial charge in [-0.25, -0.2) is 0 Å². The Bertz CT molecular complexity index is 530. The normalized spacial score (nSPS) is 12.7. The maximum Gasteiger partial charge on any atom is 0.0964 e. The Morgan fingerprint density at radius 1 is 1.33 bits per heavy atom. The molecule has 2 rings (SSSR count). The maximum atomic E-state index is 4.07. The maximum absolute atomic E-state index is 4.07. The van der Waals surface area contributed by atoms with Crippen molar-refractivity contribution in [2.45, 2.75) is 33.4 Å². The van der Waals surface area contributed by atoms with Gasteiger partial charge in [0, 0.05) is 25.8 Å². The number of hydrogen-bond donors (Lipinski definition) is 1. The van der Waals surface area contributed by atoms with Gasteiger partial charge in [0.1, 0.15) is 0 Å². The zero-order valence-corrected chi connectivity index (χ0v) is 11.4. The van der Waals surface area contributed by atoms with Gasteiger partial charge in [-0.2, -0.15) is 0 Å². The number of hydrogen-bond acceptors (Lipinski definition) is 3. The summed E-state index contributed by atoms with van der Waals surface area (Å²) in [4.78, 5) is 0. The minimum atomic E-state index is 0.312. The summed E-state index contributed by atoms with van der Waals surface area (Å²) in [5.41, 5.74) is 4.93. The van der Waals surface area contributed by atoms with Crippen LogP contribution in [0.2, 0.25) is 0 Å². The highest BCUT2D eigenvalue weighted by Gasteiger charge is 2.09. The molecule has 1 aromatic carbocycles. The van der Waals surface area contributed by atoms with Crippen molar-refractivity contribution in [2.75, 3.05) is 0 Å². The van der Waals surface area contributed by atoms with E-state index >= 15 is 0 Å². The first-order valence-electron chi connectivity index (χ1n) is 6.22. The van der Waals surface area contributed by atoms with Gasteiger partial charge < -0.3 is 5.32 Å². The molecule has 4 nitrogen and oxygen atoms in total. The van der Waals surface area contributed by atoms with Crippen LogP contribution in [0.3, 0.4) is 0 Å². The van der Waals surface area contributed by atoms with Crippen molar-refractivity contribution in [1.82, 2.24) is 20.3 Å². The van der Waals surface area contributed by atoms with Gasteiger partial charge in [-0.05, 0) is 31.9 Å². The lowest BCUT2D eigenvalue weighted by Gasteiger charge is -2.16. The van der Waals surface area contributed by atoms with Crippen molar-refractivity contribution in [3.05, 3.63) is 46.8 Å². The molecular weight excluding hydrogens is 224 g/mol. The van der Waals surface area contributed by atoms with Crippen LogP contribution in [0.15, 0.2) is 24.4 Å². The Labute approximate surface area is 108 Å². The van der Waals surface area contributed by atoms with Gasteiger partial charge in [0.15, 0.2) is 0 Å². The van der Waals surface area contributed by atoms with Crippen LogP contribution in [-0.2, 0) is 13.6 Å². The molecule has 1 heterocycles. The Morgan fingerprint density at radius 3 is 2.78 bits per heavy atom. The largest absolute Gasteiger partial charge is 0.304 e. The van der Waals surface area contributed by atoms with Gasteiger partial charge in [0.2, 0.25) is 0 Å². The highest BCUT2D eigenvalue weighted by Crippen LogP contribution is 2.19. The summed E-state index contributed by atoms with van der Waals surface area (Å²) in [6, 6.07) is 6.87. The molecule has 0 saturated heterocycles. The molecule has 0 aliphatic carbocycles. The number of benzene rings is 1. The highest BCUT2D eigenvalue weighted by molar-refractivity contribution is 5.32. The summed E-state index contributed by atoms with van der Waals surface area (Å²) < 4.78 is 1.72. The minimum Gasteiger partial charge on any atom is -0.304 e. The average molecular weight is 244 g/mol. The third-order valence-corrected chi connectivity index (χ3v) is 3.14. The molecule has 1 N–H and O–H groups in total. The van der Waals surface area contributed by atoms with E-state index in [1.54, 1.807) is 4.68 Å². The molecule has 1 atom stereocenters. The molecule has 0 fully saturated rings. The summed E-state index contributed by atoms with van der Waals surface area (Å²) in [5.74, 6) is 0. The Balaban J connectivity index is 2.03. The van der Waals surface area contributed by atoms with Crippen LogP contribution in [0.1, 0.15) is 35.3 Å². The zero-order chi connectivity index (χ0) is 13.1. The van der Waals surface area contributed by atoms with Crippen LogP contribution in [0.5, 0.6) is 0 Å². The van der Waals surface area contributed by atoms with Gasteiger partial charge in [-0.1, -0.05) is 29.0 Å². The van der Waals surface area contributed by atoms with Crippen molar-refractivity contribution in [2.24, 2.45) is 7.05 Å². The van der Waals surface area contributed by atoms with Crippen LogP contribution in [-0.4, -0.2) is 15.0 Å². The minimum absolute atomic E-state index is 0.312. The lowest BCUT2D eigenvalue weighted by Crippen LogP contribution is -2.19. The smallest absolute Gasteiger partial charge is 0.0964 e. The van der Waals surface area contributed by atoms with E-state index in [4.69, 9.17) is 0 Å². The van der Waals surface area contributed by atoms with Crippen molar-refractivity contribution in [3.63, 3.8) is 0 Å². The first-order chi connectivity index (χ1) is 8.56. The fourth-order valence-electron chi connectivity index (χ4n) is 2.07. The summed E-state index contributed by atoms with van der Waals surface area (Å²) in [6.07, 6.45) is 1.93. The van der Waals surface area contributed by atoms with Crippen molar-refractivity contribution in [3.8, 4) is 0 Å². The molecule has 0 bridgehead atoms. The molecule has 96 valence electrons. The number of rotatable bonds is 4. The second-order valence-electron chi connectivity index (χ2n) is 4.85. The van der Waals surface area contributed by atoms with E-state index in [0.29, 0.717) is 6.04 Å². The van der Waals surface area contributed by atoms with Gasteiger partial charge in [-0.3, -0.25) is 4.68 Å². The topological polar surface area (TPSA) is 42.7 Å². The highest BCUT2D eigenvalue weighted by atomic mass is 15.4. The Hall–Kier alpha value is -1.68. The van der Waals surface area contributed by atoms with E-state index in [-0.39, 0.29) is 0 Å². The number of nitrogens with zero attached hydrogens (tertiary/aromatic N) is 3. The van der Waals surface area contributed by atoms with Crippen LogP contribution in [0.4, 0.5) is 0 Å². The fraction of sp³-hybridized carbons (Fsp3) is 0.429. The van der Waals surface area contributed by atoms with E-state index < -0.39 is 0 Å². The molecule has 0 radical (unpaired) electrons. The fourth-order valence-corrected chi connectivity index (χ4v) is 2.07. The molecule has 0 aliphatic rings. The molecule has 0 saturated carbocycles. The van der Waals surface area contributed by atoms with E-state index in [1.807, 2.05) is 13.2 Å². The molecule has 0 amide bonds. The zero-order valence-electron chi connectivity index (χ0n) is 11.4. The standard InChI is InChI=1S/C14H20N4/c1-10-5-6-11(2)14(7-10)12(3)15-8-13-9-18(4)17-16-13/h5-7,9,12,15H,8H2,1-4H3. The SMILES string of the molecule is Cc1ccc(C)c(C(C)NCc2cn(C)nn2)c1. The summed E-state index contributed by atoms with van der Waals surface area (Å²) in [6.45, 7) is 7.19. The van der Waals surface area contributed by atoms with Crippen LogP contribution in [0.25, 0.3) is 0 Å². The molecular formula is C14H20N4. The quantitative estimate of drug-likeness (QED) is 0.897. The Morgan fingerprint density at radius 2 is 2.11 bits per heavy atom. The van der Waals surface area contributed by atoms with E-state index in [2.05, 4.69) is 54.6 Å². The first kappa shape index (κ1) is 12.8. The Kier molecular flexibility index (Phi) is 3.77. The molecule has 18 heavy (non-hydrogen) atoms. The summed E-state index contributed by atoms with van der Waals surface area (Å²) in [7, 11) is 1.88. The summed E-state index contributed by atoms with van der Waals surface area (Å²) in [5, 5.41) is 11.5. The van der Waals surface area contributed by atoms with E-state index in [9.17, 15) is 0 Å². The van der Waals surface area contributed by atoms with Crippen LogP contribution in [0, 0.1) is 13.8 Å². The van der Waals surface area contributed by atoms with Crippen molar-refractivity contribution < 1.29 is 0 Å². The van der Waals surface area contributed by atoms with E-state index in [1.165, 1.54) is 16.7 Å². The molecule has 4 heteroatoms. The van der Waals surface area contributed by atoms with Gasteiger partial charge >= 0.3 is 0 Å². The third-order valence-electron chi connectivity index (χ3n) is 3.14. The van der Waals surface area contributed by atoms with Crippen LogP contribution < -0.4 is 5.32 Å². The molecule has 0 spiro atoms.